The SMILES string of the molecule is CCc1cccc(OP)c1C(=O)OP.CF. The third kappa shape index (κ3) is 3.70. The van der Waals surface area contributed by atoms with Gasteiger partial charge in [-0.05, 0) is 18.1 Å². The zero-order valence-corrected chi connectivity index (χ0v) is 11.5. The van der Waals surface area contributed by atoms with Crippen LogP contribution in [0.1, 0.15) is 22.8 Å². The van der Waals surface area contributed by atoms with Crippen molar-refractivity contribution in [3.63, 3.8) is 0 Å². The number of rotatable bonds is 3. The Labute approximate surface area is 99.3 Å². The third-order valence-corrected chi connectivity index (χ3v) is 2.40. The Balaban J connectivity index is 0.00000106. The molecule has 0 fully saturated rings. The third-order valence-electron chi connectivity index (χ3n) is 1.93. The molecular formula is C10H15FO3P2. The first-order chi connectivity index (χ1) is 7.74. The molecule has 0 bridgehead atoms. The fraction of sp³-hybridized carbons (Fsp3) is 0.300. The highest BCUT2D eigenvalue weighted by atomic mass is 31.0. The molecule has 1 aromatic rings. The highest BCUT2D eigenvalue weighted by molar-refractivity contribution is 7.11. The molecule has 0 aliphatic heterocycles. The smallest absolute Gasteiger partial charge is 0.344 e. The molecule has 1 rings (SSSR count). The van der Waals surface area contributed by atoms with Crippen molar-refractivity contribution in [2.75, 3.05) is 7.18 Å². The van der Waals surface area contributed by atoms with E-state index in [1.54, 1.807) is 6.07 Å². The molecule has 16 heavy (non-hydrogen) atoms. The van der Waals surface area contributed by atoms with Gasteiger partial charge in [0, 0.05) is 0 Å². The van der Waals surface area contributed by atoms with Crippen molar-refractivity contribution < 1.29 is 18.2 Å². The highest BCUT2D eigenvalue weighted by Gasteiger charge is 2.16. The lowest BCUT2D eigenvalue weighted by molar-refractivity contribution is 0.0763. The molecule has 0 aliphatic carbocycles. The molecule has 2 unspecified atom stereocenters. The summed E-state index contributed by atoms with van der Waals surface area (Å²) in [6.07, 6.45) is 0.761. The molecule has 3 nitrogen and oxygen atoms in total. The maximum Gasteiger partial charge on any atom is 0.344 e. The van der Waals surface area contributed by atoms with Crippen LogP contribution < -0.4 is 4.52 Å². The van der Waals surface area contributed by atoms with Crippen molar-refractivity contribution >= 4 is 24.9 Å². The first-order valence-corrected chi connectivity index (χ1v) is 5.46. The molecule has 0 saturated carbocycles. The van der Waals surface area contributed by atoms with Gasteiger partial charge in [-0.15, -0.1) is 0 Å². The van der Waals surface area contributed by atoms with E-state index in [1.807, 2.05) is 28.5 Å². The van der Waals surface area contributed by atoms with Crippen LogP contribution in [0.5, 0.6) is 5.75 Å². The van der Waals surface area contributed by atoms with Gasteiger partial charge < -0.3 is 9.05 Å². The number of hydrogen-bond donors (Lipinski definition) is 0. The number of alkyl halides is 1. The Morgan fingerprint density at radius 1 is 1.38 bits per heavy atom. The first kappa shape index (κ1) is 15.3. The van der Waals surface area contributed by atoms with Gasteiger partial charge in [-0.25, -0.2) is 4.79 Å². The van der Waals surface area contributed by atoms with Crippen molar-refractivity contribution in [2.45, 2.75) is 13.3 Å². The molecule has 6 heteroatoms. The predicted octanol–water partition coefficient (Wildman–Crippen LogP) is 2.95. The maximum absolute atomic E-state index is 11.4. The van der Waals surface area contributed by atoms with Crippen LogP contribution in [-0.4, -0.2) is 13.1 Å². The van der Waals surface area contributed by atoms with E-state index in [4.69, 9.17) is 4.52 Å². The predicted molar refractivity (Wildman–Crippen MR) is 68.3 cm³/mol. The second-order valence-corrected chi connectivity index (χ2v) is 3.14. The fourth-order valence-corrected chi connectivity index (χ4v) is 1.57. The van der Waals surface area contributed by atoms with E-state index in [0.29, 0.717) is 18.5 Å². The lowest BCUT2D eigenvalue weighted by Gasteiger charge is -2.09. The Morgan fingerprint density at radius 2 is 2.00 bits per heavy atom. The van der Waals surface area contributed by atoms with E-state index in [1.165, 1.54) is 0 Å². The van der Waals surface area contributed by atoms with Crippen molar-refractivity contribution in [3.8, 4) is 5.75 Å². The molecule has 0 aliphatic rings. The number of aryl methyl sites for hydroxylation is 1. The van der Waals surface area contributed by atoms with E-state index in [0.717, 1.165) is 12.0 Å². The lowest BCUT2D eigenvalue weighted by Crippen LogP contribution is -2.04. The highest BCUT2D eigenvalue weighted by Crippen LogP contribution is 2.25. The van der Waals surface area contributed by atoms with E-state index >= 15 is 0 Å². The molecule has 0 amide bonds. The van der Waals surface area contributed by atoms with Crippen LogP contribution in [0, 0.1) is 0 Å². The summed E-state index contributed by atoms with van der Waals surface area (Å²) < 4.78 is 19.1. The summed E-state index contributed by atoms with van der Waals surface area (Å²) in [4.78, 5) is 11.4. The first-order valence-electron chi connectivity index (χ1n) is 4.52. The molecule has 1 aromatic carbocycles. The van der Waals surface area contributed by atoms with Crippen molar-refractivity contribution in [1.29, 1.82) is 0 Å². The van der Waals surface area contributed by atoms with Gasteiger partial charge in [-0.2, -0.15) is 0 Å². The summed E-state index contributed by atoms with van der Waals surface area (Å²) in [6, 6.07) is 5.45. The van der Waals surface area contributed by atoms with Gasteiger partial charge in [0.2, 0.25) is 0 Å². The Hall–Kier alpha value is -0.720. The maximum atomic E-state index is 11.4. The molecule has 0 heterocycles. The van der Waals surface area contributed by atoms with Gasteiger partial charge in [-0.3, -0.25) is 4.39 Å². The second kappa shape index (κ2) is 8.43. The van der Waals surface area contributed by atoms with Crippen LogP contribution in [0.2, 0.25) is 0 Å². The minimum atomic E-state index is -0.398. The Morgan fingerprint density at radius 3 is 2.44 bits per heavy atom. The number of carbonyl (C=O) groups is 1. The van der Waals surface area contributed by atoms with Crippen molar-refractivity contribution in [1.82, 2.24) is 0 Å². The van der Waals surface area contributed by atoms with Crippen LogP contribution in [0.15, 0.2) is 18.2 Å². The van der Waals surface area contributed by atoms with Gasteiger partial charge in [0.15, 0.2) is 0 Å². The average molecular weight is 264 g/mol. The number of hydrogen-bond acceptors (Lipinski definition) is 3. The van der Waals surface area contributed by atoms with E-state index in [9.17, 15) is 9.18 Å². The zero-order valence-electron chi connectivity index (χ0n) is 9.20. The van der Waals surface area contributed by atoms with Gasteiger partial charge in [0.05, 0.1) is 26.1 Å². The van der Waals surface area contributed by atoms with Crippen LogP contribution in [0.4, 0.5) is 4.39 Å². The summed E-state index contributed by atoms with van der Waals surface area (Å²) in [6.45, 7) is 1.97. The standard InChI is InChI=1S/C9H12O3P2.CH3F/c1-2-6-4-3-5-7(11-13)8(6)9(10)12-14;1-2/h3-5H,2,13-14H2,1H3;1H3. The Kier molecular flexibility index (Phi) is 8.05. The molecule has 0 radical (unpaired) electrons. The van der Waals surface area contributed by atoms with Crippen LogP contribution >= 0.6 is 18.9 Å². The molecule has 0 aromatic heterocycles. The van der Waals surface area contributed by atoms with Gasteiger partial charge >= 0.3 is 5.97 Å². The lowest BCUT2D eigenvalue weighted by atomic mass is 10.0. The van der Waals surface area contributed by atoms with Crippen LogP contribution in [0.3, 0.4) is 0 Å². The summed E-state index contributed by atoms with van der Waals surface area (Å²) in [5.41, 5.74) is 1.40. The molecule has 90 valence electrons. The summed E-state index contributed by atoms with van der Waals surface area (Å²) in [5.74, 6) is 0.117. The van der Waals surface area contributed by atoms with Gasteiger partial charge in [-0.1, -0.05) is 19.1 Å². The zero-order chi connectivity index (χ0) is 12.6. The van der Waals surface area contributed by atoms with Gasteiger partial charge in [0.25, 0.3) is 0 Å². The number of benzene rings is 1. The molecule has 2 atom stereocenters. The molecular weight excluding hydrogens is 249 g/mol. The number of halogens is 1. The van der Waals surface area contributed by atoms with E-state index < -0.39 is 5.97 Å². The number of carbonyl (C=O) groups excluding carboxylic acids is 1. The Bertz CT molecular complexity index is 323. The molecule has 0 N–H and O–H groups in total. The second-order valence-electron chi connectivity index (χ2n) is 2.67. The topological polar surface area (TPSA) is 35.5 Å². The minimum absolute atomic E-state index is 0.398. The molecule has 0 spiro atoms. The van der Waals surface area contributed by atoms with Gasteiger partial charge in [0.1, 0.15) is 11.3 Å². The van der Waals surface area contributed by atoms with Crippen molar-refractivity contribution in [2.24, 2.45) is 0 Å². The largest absolute Gasteiger partial charge is 0.479 e. The monoisotopic (exact) mass is 264 g/mol. The van der Waals surface area contributed by atoms with Crippen molar-refractivity contribution in [3.05, 3.63) is 29.3 Å². The quantitative estimate of drug-likeness (QED) is 0.787. The van der Waals surface area contributed by atoms with E-state index in [2.05, 4.69) is 14.0 Å². The van der Waals surface area contributed by atoms with Crippen LogP contribution in [-0.2, 0) is 10.9 Å². The fourth-order valence-electron chi connectivity index (χ4n) is 1.26. The summed E-state index contributed by atoms with van der Waals surface area (Å²) >= 11 is 0. The minimum Gasteiger partial charge on any atom is -0.479 e. The normalized spacial score (nSPS) is 8.81. The van der Waals surface area contributed by atoms with Crippen LogP contribution in [0.25, 0.3) is 0 Å². The average Bonchev–Trinajstić information content (AvgIpc) is 2.39. The molecule has 0 saturated heterocycles. The van der Waals surface area contributed by atoms with E-state index in [-0.39, 0.29) is 0 Å². The summed E-state index contributed by atoms with van der Waals surface area (Å²) in [7, 11) is 4.56. The summed E-state index contributed by atoms with van der Waals surface area (Å²) in [5, 5.41) is 0.